The van der Waals surface area contributed by atoms with Crippen LogP contribution in [-0.4, -0.2) is 17.9 Å². The Bertz CT molecular complexity index is 447. The maximum Gasteiger partial charge on any atom is 0.290 e. The van der Waals surface area contributed by atoms with Crippen LogP contribution in [0, 0.1) is 10.1 Å². The molecule has 7 heteroatoms. The number of hydrogen-bond donors (Lipinski definition) is 1. The number of rotatable bonds is 3. The number of benzene rings is 1. The minimum Gasteiger partial charge on any atom is -0.495 e. The highest BCUT2D eigenvalue weighted by Gasteiger charge is 2.17. The van der Waals surface area contributed by atoms with Crippen molar-refractivity contribution in [1.29, 1.82) is 0 Å². The molecule has 0 radical (unpaired) electrons. The van der Waals surface area contributed by atoms with E-state index >= 15 is 0 Å². The monoisotopic (exact) mass is 244 g/mol. The Morgan fingerprint density at radius 1 is 1.56 bits per heavy atom. The van der Waals surface area contributed by atoms with Crippen LogP contribution in [0.1, 0.15) is 6.92 Å². The molecule has 16 heavy (non-hydrogen) atoms. The maximum atomic E-state index is 10.9. The number of nitro benzene ring substituents is 1. The molecule has 0 bridgehead atoms. The highest BCUT2D eigenvalue weighted by atomic mass is 35.5. The Labute approximate surface area is 96.3 Å². The molecule has 1 N–H and O–H groups in total. The van der Waals surface area contributed by atoms with Crippen molar-refractivity contribution in [3.63, 3.8) is 0 Å². The first-order chi connectivity index (χ1) is 7.45. The maximum absolute atomic E-state index is 10.9. The van der Waals surface area contributed by atoms with Crippen LogP contribution in [0.2, 0.25) is 5.02 Å². The second-order valence-corrected chi connectivity index (χ2v) is 3.35. The third-order valence-electron chi connectivity index (χ3n) is 1.78. The molecule has 0 heterocycles. The first-order valence-corrected chi connectivity index (χ1v) is 4.63. The van der Waals surface area contributed by atoms with E-state index in [9.17, 15) is 14.9 Å². The van der Waals surface area contributed by atoms with Gasteiger partial charge >= 0.3 is 0 Å². The summed E-state index contributed by atoms with van der Waals surface area (Å²) in [5.41, 5.74) is -0.0719. The molecule has 1 aromatic rings. The topological polar surface area (TPSA) is 81.5 Å². The highest BCUT2D eigenvalue weighted by molar-refractivity contribution is 6.33. The van der Waals surface area contributed by atoms with Crippen molar-refractivity contribution < 1.29 is 14.5 Å². The number of halogens is 1. The molecule has 6 nitrogen and oxygen atoms in total. The summed E-state index contributed by atoms with van der Waals surface area (Å²) in [5.74, 6) is -0.0827. The van der Waals surface area contributed by atoms with E-state index in [1.165, 1.54) is 20.1 Å². The van der Waals surface area contributed by atoms with Crippen molar-refractivity contribution in [3.8, 4) is 5.75 Å². The van der Waals surface area contributed by atoms with E-state index in [2.05, 4.69) is 5.32 Å². The highest BCUT2D eigenvalue weighted by Crippen LogP contribution is 2.35. The molecule has 0 spiro atoms. The van der Waals surface area contributed by atoms with Crippen molar-refractivity contribution in [3.05, 3.63) is 27.3 Å². The van der Waals surface area contributed by atoms with E-state index in [0.29, 0.717) is 0 Å². The number of ether oxygens (including phenoxy) is 1. The van der Waals surface area contributed by atoms with Gasteiger partial charge in [0.15, 0.2) is 0 Å². The van der Waals surface area contributed by atoms with Crippen molar-refractivity contribution in [2.75, 3.05) is 12.4 Å². The SMILES string of the molecule is COc1cc(Cl)c([N+](=O)[O-])cc1NC(C)=O. The van der Waals surface area contributed by atoms with Crippen LogP contribution in [-0.2, 0) is 4.79 Å². The standard InChI is InChI=1S/C9H9ClN2O4/c1-5(13)11-7-4-8(12(14)15)6(10)3-9(7)16-2/h3-4H,1-2H3,(H,11,13). The fourth-order valence-corrected chi connectivity index (χ4v) is 1.36. The average Bonchev–Trinajstić information content (AvgIpc) is 2.18. The molecule has 0 atom stereocenters. The van der Waals surface area contributed by atoms with Crippen molar-refractivity contribution in [2.24, 2.45) is 0 Å². The van der Waals surface area contributed by atoms with Crippen LogP contribution in [0.15, 0.2) is 12.1 Å². The van der Waals surface area contributed by atoms with Crippen molar-refractivity contribution in [1.82, 2.24) is 0 Å². The zero-order valence-electron chi connectivity index (χ0n) is 8.61. The summed E-state index contributed by atoms with van der Waals surface area (Å²) >= 11 is 5.68. The van der Waals surface area contributed by atoms with E-state index in [1.807, 2.05) is 0 Å². The smallest absolute Gasteiger partial charge is 0.290 e. The number of amides is 1. The normalized spacial score (nSPS) is 9.69. The third-order valence-corrected chi connectivity index (χ3v) is 2.08. The molecule has 0 saturated heterocycles. The molecule has 0 saturated carbocycles. The van der Waals surface area contributed by atoms with Gasteiger partial charge in [-0.05, 0) is 0 Å². The number of nitro groups is 1. The molecule has 1 aromatic carbocycles. The van der Waals surface area contributed by atoms with Crippen LogP contribution < -0.4 is 10.1 Å². The predicted octanol–water partition coefficient (Wildman–Crippen LogP) is 2.22. The van der Waals surface area contributed by atoms with Crippen LogP contribution in [0.3, 0.4) is 0 Å². The summed E-state index contributed by atoms with van der Waals surface area (Å²) < 4.78 is 4.94. The lowest BCUT2D eigenvalue weighted by molar-refractivity contribution is -0.384. The Kier molecular flexibility index (Phi) is 3.68. The third kappa shape index (κ3) is 2.60. The first-order valence-electron chi connectivity index (χ1n) is 4.25. The number of carbonyl (C=O) groups excluding carboxylic acids is 1. The van der Waals surface area contributed by atoms with Gasteiger partial charge in [0.05, 0.1) is 17.7 Å². The van der Waals surface area contributed by atoms with E-state index in [-0.39, 0.29) is 28.1 Å². The lowest BCUT2D eigenvalue weighted by Gasteiger charge is -2.09. The van der Waals surface area contributed by atoms with E-state index in [4.69, 9.17) is 16.3 Å². The van der Waals surface area contributed by atoms with Gasteiger partial charge in [-0.25, -0.2) is 0 Å². The fourth-order valence-electron chi connectivity index (χ4n) is 1.14. The van der Waals surface area contributed by atoms with Gasteiger partial charge in [-0.15, -0.1) is 0 Å². The second kappa shape index (κ2) is 4.80. The van der Waals surface area contributed by atoms with E-state index in [0.717, 1.165) is 6.07 Å². The van der Waals surface area contributed by atoms with Gasteiger partial charge in [0.2, 0.25) is 5.91 Å². The molecule has 0 fully saturated rings. The lowest BCUT2D eigenvalue weighted by atomic mass is 10.2. The Morgan fingerprint density at radius 3 is 2.62 bits per heavy atom. The van der Waals surface area contributed by atoms with Gasteiger partial charge in [-0.1, -0.05) is 11.6 Å². The predicted molar refractivity (Wildman–Crippen MR) is 59.0 cm³/mol. The van der Waals surface area contributed by atoms with Gasteiger partial charge in [0.25, 0.3) is 5.69 Å². The Hall–Kier alpha value is -1.82. The number of carbonyl (C=O) groups is 1. The van der Waals surface area contributed by atoms with E-state index in [1.54, 1.807) is 0 Å². The van der Waals surface area contributed by atoms with Crippen molar-refractivity contribution in [2.45, 2.75) is 6.92 Å². The zero-order valence-corrected chi connectivity index (χ0v) is 9.37. The fraction of sp³-hybridized carbons (Fsp3) is 0.222. The summed E-state index contributed by atoms with van der Waals surface area (Å²) in [6.07, 6.45) is 0. The van der Waals surface area contributed by atoms with Crippen molar-refractivity contribution >= 4 is 28.9 Å². The number of methoxy groups -OCH3 is 1. The van der Waals surface area contributed by atoms with Crippen LogP contribution >= 0.6 is 11.6 Å². The number of hydrogen-bond acceptors (Lipinski definition) is 4. The Morgan fingerprint density at radius 2 is 2.19 bits per heavy atom. The molecule has 0 aliphatic heterocycles. The molecule has 86 valence electrons. The molecular weight excluding hydrogens is 236 g/mol. The number of anilines is 1. The van der Waals surface area contributed by atoms with E-state index < -0.39 is 4.92 Å². The number of nitrogens with zero attached hydrogens (tertiary/aromatic N) is 1. The average molecular weight is 245 g/mol. The summed E-state index contributed by atoms with van der Waals surface area (Å²) in [6, 6.07) is 2.44. The Balaban J connectivity index is 3.28. The molecule has 0 aliphatic rings. The molecule has 1 amide bonds. The molecule has 0 unspecified atom stereocenters. The number of nitrogens with one attached hydrogen (secondary N) is 1. The van der Waals surface area contributed by atoms with Crippen LogP contribution in [0.25, 0.3) is 0 Å². The van der Waals surface area contributed by atoms with Crippen LogP contribution in [0.4, 0.5) is 11.4 Å². The van der Waals surface area contributed by atoms with Gasteiger partial charge in [0, 0.05) is 19.1 Å². The summed E-state index contributed by atoms with van der Waals surface area (Å²) in [5, 5.41) is 13.0. The minimum absolute atomic E-state index is 0.0454. The second-order valence-electron chi connectivity index (χ2n) is 2.94. The summed E-state index contributed by atoms with van der Waals surface area (Å²) in [7, 11) is 1.38. The molecule has 1 rings (SSSR count). The molecule has 0 aromatic heterocycles. The van der Waals surface area contributed by atoms with Gasteiger partial charge < -0.3 is 10.1 Å². The van der Waals surface area contributed by atoms with Crippen LogP contribution in [0.5, 0.6) is 5.75 Å². The lowest BCUT2D eigenvalue weighted by Crippen LogP contribution is -2.07. The molecule has 0 aliphatic carbocycles. The van der Waals surface area contributed by atoms with Gasteiger partial charge in [0.1, 0.15) is 10.8 Å². The largest absolute Gasteiger partial charge is 0.495 e. The summed E-state index contributed by atoms with van der Waals surface area (Å²) in [4.78, 5) is 20.9. The quantitative estimate of drug-likeness (QED) is 0.653. The molecular formula is C9H9ClN2O4. The zero-order chi connectivity index (χ0) is 12.3. The van der Waals surface area contributed by atoms with Gasteiger partial charge in [-0.3, -0.25) is 14.9 Å². The van der Waals surface area contributed by atoms with Gasteiger partial charge in [-0.2, -0.15) is 0 Å². The minimum atomic E-state index is -0.632. The summed E-state index contributed by atoms with van der Waals surface area (Å²) in [6.45, 7) is 1.29. The first kappa shape index (κ1) is 12.3.